The summed E-state index contributed by atoms with van der Waals surface area (Å²) < 4.78 is 14.2. The van der Waals surface area contributed by atoms with Crippen LogP contribution in [0.1, 0.15) is 0 Å². The molecule has 14 aromatic rings. The zero-order valence-corrected chi connectivity index (χ0v) is 36.5. The zero-order valence-electron chi connectivity index (χ0n) is 34.9. The lowest BCUT2D eigenvalue weighted by atomic mass is 9.97. The molecule has 4 heterocycles. The molecular weight excluding hydrogens is 829 g/mol. The van der Waals surface area contributed by atoms with Crippen molar-refractivity contribution < 1.29 is 4.42 Å². The van der Waals surface area contributed by atoms with Crippen molar-refractivity contribution in [2.75, 3.05) is 4.90 Å². The average Bonchev–Trinajstić information content (AvgIpc) is 4.14. The van der Waals surface area contributed by atoms with Crippen molar-refractivity contribution >= 4 is 124 Å². The number of thiophene rings is 2. The standard InChI is InChI=1S/C60H36N2OS2/c1-7-24-49-40(15-1)41-16-2-8-25-50(41)61(49)38-33-31-37(32-34-38)39-35-36-52(57-48-20-6-12-30-56(48)65-60(39)57)62(53-27-14-23-47-44-19-5-11-29-55(44)64-59(47)53)51-26-9-3-17-42(51)45-21-13-22-46-43-18-4-10-28-54(43)63-58(45)46/h1-36H. The molecule has 14 rings (SSSR count). The van der Waals surface area contributed by atoms with Crippen molar-refractivity contribution in [1.29, 1.82) is 0 Å². The molecule has 0 amide bonds. The number of para-hydroxylation sites is 5. The Bertz CT molecular complexity index is 4150. The SMILES string of the molecule is c1ccc(N(c2cccc3c2sc2ccccc23)c2ccc(-c3ccc(-n4c5ccccc5c5ccccc54)cc3)c3sc4ccccc4c23)c(-c2cccc3c2oc2ccccc23)c1. The second kappa shape index (κ2) is 14.3. The number of rotatable bonds is 6. The molecule has 0 aliphatic carbocycles. The summed E-state index contributed by atoms with van der Waals surface area (Å²) in [6.07, 6.45) is 0. The van der Waals surface area contributed by atoms with Gasteiger partial charge in [-0.1, -0.05) is 158 Å². The van der Waals surface area contributed by atoms with Gasteiger partial charge in [-0.2, -0.15) is 0 Å². The fourth-order valence-corrected chi connectivity index (χ4v) is 12.8. The molecule has 0 unspecified atom stereocenters. The van der Waals surface area contributed by atoms with Crippen molar-refractivity contribution in [3.8, 4) is 27.9 Å². The Hall–Kier alpha value is -7.96. The lowest BCUT2D eigenvalue weighted by Gasteiger charge is -2.29. The van der Waals surface area contributed by atoms with Crippen LogP contribution in [0.5, 0.6) is 0 Å². The minimum Gasteiger partial charge on any atom is -0.455 e. The van der Waals surface area contributed by atoms with Gasteiger partial charge in [0.15, 0.2) is 0 Å². The molecule has 0 N–H and O–H groups in total. The minimum absolute atomic E-state index is 0.893. The summed E-state index contributed by atoms with van der Waals surface area (Å²) in [4.78, 5) is 2.53. The summed E-state index contributed by atoms with van der Waals surface area (Å²) in [5.74, 6) is 0. The van der Waals surface area contributed by atoms with Gasteiger partial charge in [0.1, 0.15) is 11.2 Å². The molecule has 10 aromatic carbocycles. The summed E-state index contributed by atoms with van der Waals surface area (Å²) in [6.45, 7) is 0. The smallest absolute Gasteiger partial charge is 0.143 e. The Balaban J connectivity index is 1.02. The highest BCUT2D eigenvalue weighted by Gasteiger charge is 2.26. The Morgan fingerprint density at radius 1 is 0.354 bits per heavy atom. The maximum absolute atomic E-state index is 6.73. The third kappa shape index (κ3) is 5.47. The van der Waals surface area contributed by atoms with Crippen LogP contribution in [-0.4, -0.2) is 4.57 Å². The van der Waals surface area contributed by atoms with E-state index in [-0.39, 0.29) is 0 Å². The van der Waals surface area contributed by atoms with E-state index in [0.29, 0.717) is 0 Å². The zero-order chi connectivity index (χ0) is 42.6. The minimum atomic E-state index is 0.893. The van der Waals surface area contributed by atoms with Gasteiger partial charge in [0.2, 0.25) is 0 Å². The van der Waals surface area contributed by atoms with Crippen LogP contribution in [0, 0.1) is 0 Å². The van der Waals surface area contributed by atoms with Crippen LogP contribution in [0.3, 0.4) is 0 Å². The predicted octanol–water partition coefficient (Wildman–Crippen LogP) is 18.2. The first-order valence-electron chi connectivity index (χ1n) is 22.0. The molecule has 0 atom stereocenters. The molecule has 0 aliphatic rings. The van der Waals surface area contributed by atoms with E-state index in [2.05, 4.69) is 222 Å². The Labute approximate surface area is 381 Å². The molecular formula is C60H36N2OS2. The van der Waals surface area contributed by atoms with Gasteiger partial charge in [-0.25, -0.2) is 0 Å². The van der Waals surface area contributed by atoms with E-state index in [4.69, 9.17) is 4.42 Å². The monoisotopic (exact) mass is 864 g/mol. The van der Waals surface area contributed by atoms with Crippen molar-refractivity contribution in [3.63, 3.8) is 0 Å². The maximum atomic E-state index is 6.73. The Kier molecular flexibility index (Phi) is 8.02. The fraction of sp³-hybridized carbons (Fsp3) is 0. The molecule has 3 nitrogen and oxygen atoms in total. The molecule has 0 radical (unpaired) electrons. The van der Waals surface area contributed by atoms with Crippen LogP contribution in [0.25, 0.3) is 112 Å². The van der Waals surface area contributed by atoms with E-state index in [9.17, 15) is 0 Å². The van der Waals surface area contributed by atoms with Crippen molar-refractivity contribution in [2.24, 2.45) is 0 Å². The van der Waals surface area contributed by atoms with Gasteiger partial charge in [0.05, 0.1) is 32.8 Å². The fourth-order valence-electron chi connectivity index (χ4n) is 10.4. The highest BCUT2D eigenvalue weighted by Crippen LogP contribution is 2.53. The molecule has 0 spiro atoms. The molecule has 0 aliphatic heterocycles. The quantitative estimate of drug-likeness (QED) is 0.166. The third-order valence-electron chi connectivity index (χ3n) is 13.2. The molecule has 65 heavy (non-hydrogen) atoms. The van der Waals surface area contributed by atoms with Gasteiger partial charge in [-0.15, -0.1) is 22.7 Å². The van der Waals surface area contributed by atoms with E-state index in [1.165, 1.54) is 73.3 Å². The first kappa shape index (κ1) is 36.5. The van der Waals surface area contributed by atoms with Crippen LogP contribution in [0.4, 0.5) is 17.1 Å². The summed E-state index contributed by atoms with van der Waals surface area (Å²) in [7, 11) is 0. The number of aromatic nitrogens is 1. The molecule has 0 saturated carbocycles. The average molecular weight is 865 g/mol. The van der Waals surface area contributed by atoms with Gasteiger partial charge < -0.3 is 13.9 Å². The van der Waals surface area contributed by atoms with Crippen LogP contribution >= 0.6 is 22.7 Å². The topological polar surface area (TPSA) is 21.3 Å². The number of fused-ring (bicyclic) bond motifs is 12. The van der Waals surface area contributed by atoms with Crippen LogP contribution < -0.4 is 4.90 Å². The molecule has 0 bridgehead atoms. The number of hydrogen-bond donors (Lipinski definition) is 0. The lowest BCUT2D eigenvalue weighted by Crippen LogP contribution is -2.12. The largest absolute Gasteiger partial charge is 0.455 e. The van der Waals surface area contributed by atoms with Gasteiger partial charge in [0.25, 0.3) is 0 Å². The van der Waals surface area contributed by atoms with Crippen molar-refractivity contribution in [1.82, 2.24) is 4.57 Å². The van der Waals surface area contributed by atoms with Crippen LogP contribution in [-0.2, 0) is 0 Å². The molecule has 0 saturated heterocycles. The Morgan fingerprint density at radius 2 is 0.923 bits per heavy atom. The number of furan rings is 1. The molecule has 0 fully saturated rings. The van der Waals surface area contributed by atoms with Gasteiger partial charge in [-0.3, -0.25) is 0 Å². The predicted molar refractivity (Wildman–Crippen MR) is 279 cm³/mol. The lowest BCUT2D eigenvalue weighted by molar-refractivity contribution is 0.670. The summed E-state index contributed by atoms with van der Waals surface area (Å²) in [5, 5.41) is 9.80. The van der Waals surface area contributed by atoms with Gasteiger partial charge in [-0.05, 0) is 71.8 Å². The number of anilines is 3. The van der Waals surface area contributed by atoms with Crippen LogP contribution in [0.2, 0.25) is 0 Å². The van der Waals surface area contributed by atoms with E-state index in [0.717, 1.165) is 55.8 Å². The Morgan fingerprint density at radius 3 is 1.72 bits per heavy atom. The summed E-state index contributed by atoms with van der Waals surface area (Å²) >= 11 is 3.74. The van der Waals surface area contributed by atoms with Gasteiger partial charge >= 0.3 is 0 Å². The normalized spacial score (nSPS) is 12.0. The third-order valence-corrected chi connectivity index (χ3v) is 15.6. The van der Waals surface area contributed by atoms with E-state index in [1.54, 1.807) is 0 Å². The number of benzene rings is 10. The number of hydrogen-bond acceptors (Lipinski definition) is 4. The van der Waals surface area contributed by atoms with E-state index >= 15 is 0 Å². The van der Waals surface area contributed by atoms with Crippen LogP contribution in [0.15, 0.2) is 223 Å². The van der Waals surface area contributed by atoms with Crippen molar-refractivity contribution in [2.45, 2.75) is 0 Å². The molecule has 5 heteroatoms. The highest BCUT2D eigenvalue weighted by molar-refractivity contribution is 7.27. The first-order chi connectivity index (χ1) is 32.3. The summed E-state index contributed by atoms with van der Waals surface area (Å²) in [6, 6.07) is 79.6. The van der Waals surface area contributed by atoms with E-state index < -0.39 is 0 Å². The second-order valence-electron chi connectivity index (χ2n) is 16.7. The summed E-state index contributed by atoms with van der Waals surface area (Å²) in [5.41, 5.74) is 13.3. The van der Waals surface area contributed by atoms with Gasteiger partial charge in [0, 0.05) is 74.0 Å². The van der Waals surface area contributed by atoms with Crippen molar-refractivity contribution in [3.05, 3.63) is 218 Å². The maximum Gasteiger partial charge on any atom is 0.143 e. The first-order valence-corrected chi connectivity index (χ1v) is 23.6. The molecule has 4 aromatic heterocycles. The molecule has 304 valence electrons. The number of nitrogens with zero attached hydrogens (tertiary/aromatic N) is 2. The second-order valence-corrected chi connectivity index (χ2v) is 18.8. The van der Waals surface area contributed by atoms with E-state index in [1.807, 2.05) is 28.7 Å². The highest BCUT2D eigenvalue weighted by atomic mass is 32.1.